The van der Waals surface area contributed by atoms with Crippen LogP contribution in [0, 0.1) is 0 Å². The topological polar surface area (TPSA) is 53.8 Å². The number of carbonyl (C=O) groups excluding carboxylic acids is 2. The number of benzene rings is 2. The molecule has 2 aromatic carbocycles. The molecule has 148 valence electrons. The molecular weight excluding hydrogens is 364 g/mol. The molecule has 1 aliphatic rings. The van der Waals surface area contributed by atoms with Gasteiger partial charge in [-0.1, -0.05) is 42.5 Å². The molecule has 0 saturated carbocycles. The lowest BCUT2D eigenvalue weighted by Gasteiger charge is -2.35. The first-order chi connectivity index (χ1) is 14.2. The predicted molar refractivity (Wildman–Crippen MR) is 111 cm³/mol. The van der Waals surface area contributed by atoms with E-state index in [2.05, 4.69) is 12.1 Å². The van der Waals surface area contributed by atoms with Crippen LogP contribution in [0.25, 0.3) is 11.1 Å². The number of hydrogen-bond acceptors (Lipinski definition) is 3. The highest BCUT2D eigenvalue weighted by atomic mass is 16.3. The van der Waals surface area contributed by atoms with Gasteiger partial charge in [-0.05, 0) is 35.4 Å². The van der Waals surface area contributed by atoms with Crippen molar-refractivity contribution >= 4 is 11.8 Å². The van der Waals surface area contributed by atoms with Crippen molar-refractivity contribution in [2.75, 3.05) is 26.2 Å². The van der Waals surface area contributed by atoms with Crippen molar-refractivity contribution in [3.05, 3.63) is 84.3 Å². The first kappa shape index (κ1) is 19.0. The third-order valence-electron chi connectivity index (χ3n) is 5.32. The van der Waals surface area contributed by atoms with Gasteiger partial charge in [0.25, 0.3) is 5.91 Å². The minimum atomic E-state index is 0.0206. The molecule has 0 atom stereocenters. The number of amides is 2. The Morgan fingerprint density at radius 3 is 2.07 bits per heavy atom. The van der Waals surface area contributed by atoms with Crippen molar-refractivity contribution in [2.45, 2.75) is 12.8 Å². The first-order valence-electron chi connectivity index (χ1n) is 9.95. The Hall–Kier alpha value is -3.34. The maximum absolute atomic E-state index is 12.8. The highest BCUT2D eigenvalue weighted by molar-refractivity contribution is 5.95. The lowest BCUT2D eigenvalue weighted by molar-refractivity contribution is -0.132. The van der Waals surface area contributed by atoms with Crippen LogP contribution in [0.5, 0.6) is 0 Å². The minimum absolute atomic E-state index is 0.0206. The number of hydrogen-bond donors (Lipinski definition) is 0. The molecule has 4 rings (SSSR count). The smallest absolute Gasteiger partial charge is 0.253 e. The van der Waals surface area contributed by atoms with E-state index in [1.54, 1.807) is 6.26 Å². The van der Waals surface area contributed by atoms with E-state index in [1.165, 1.54) is 0 Å². The molecule has 0 unspecified atom stereocenters. The summed E-state index contributed by atoms with van der Waals surface area (Å²) in [5.41, 5.74) is 2.91. The Morgan fingerprint density at radius 2 is 1.41 bits per heavy atom. The summed E-state index contributed by atoms with van der Waals surface area (Å²) in [6.07, 6.45) is 2.66. The van der Waals surface area contributed by atoms with Crippen LogP contribution >= 0.6 is 0 Å². The van der Waals surface area contributed by atoms with E-state index in [0.717, 1.165) is 16.9 Å². The predicted octanol–water partition coefficient (Wildman–Crippen LogP) is 3.86. The van der Waals surface area contributed by atoms with Gasteiger partial charge in [0.1, 0.15) is 5.76 Å². The molecule has 1 aromatic heterocycles. The van der Waals surface area contributed by atoms with E-state index in [0.29, 0.717) is 44.6 Å². The highest BCUT2D eigenvalue weighted by Crippen LogP contribution is 2.20. The van der Waals surface area contributed by atoms with Crippen LogP contribution < -0.4 is 0 Å². The average molecular weight is 388 g/mol. The van der Waals surface area contributed by atoms with E-state index < -0.39 is 0 Å². The van der Waals surface area contributed by atoms with Crippen LogP contribution in [0.2, 0.25) is 0 Å². The van der Waals surface area contributed by atoms with Crippen LogP contribution in [0.15, 0.2) is 77.4 Å². The third-order valence-corrected chi connectivity index (χ3v) is 5.32. The number of piperazine rings is 1. The zero-order valence-electron chi connectivity index (χ0n) is 16.3. The van der Waals surface area contributed by atoms with Crippen LogP contribution in [0.3, 0.4) is 0 Å². The molecular formula is C24H24N2O3. The number of nitrogens with zero attached hydrogens (tertiary/aromatic N) is 2. The van der Waals surface area contributed by atoms with Gasteiger partial charge >= 0.3 is 0 Å². The second-order valence-corrected chi connectivity index (χ2v) is 7.20. The number of rotatable bonds is 5. The second kappa shape index (κ2) is 8.78. The zero-order chi connectivity index (χ0) is 20.1. The minimum Gasteiger partial charge on any atom is -0.469 e. The maximum atomic E-state index is 12.8. The van der Waals surface area contributed by atoms with E-state index in [9.17, 15) is 9.59 Å². The van der Waals surface area contributed by atoms with Gasteiger partial charge in [0.15, 0.2) is 0 Å². The quantitative estimate of drug-likeness (QED) is 0.667. The molecule has 29 heavy (non-hydrogen) atoms. The number of aryl methyl sites for hydroxylation is 1. The molecule has 2 amide bonds. The molecule has 1 aliphatic heterocycles. The van der Waals surface area contributed by atoms with Crippen LogP contribution in [0.1, 0.15) is 22.5 Å². The standard InChI is InChI=1S/C24H24N2O3/c27-23(13-12-22-7-4-18-29-22)25-14-16-26(17-15-25)24(28)21-10-8-20(9-11-21)19-5-2-1-3-6-19/h1-11,18H,12-17H2. The SMILES string of the molecule is O=C(CCc1ccco1)N1CCN(C(=O)c2ccc(-c3ccccc3)cc2)CC1. The summed E-state index contributed by atoms with van der Waals surface area (Å²) in [7, 11) is 0. The van der Waals surface area contributed by atoms with Crippen molar-refractivity contribution in [2.24, 2.45) is 0 Å². The number of furan rings is 1. The van der Waals surface area contributed by atoms with Crippen molar-refractivity contribution in [1.29, 1.82) is 0 Å². The van der Waals surface area contributed by atoms with Crippen LogP contribution in [-0.4, -0.2) is 47.8 Å². The fraction of sp³-hybridized carbons (Fsp3) is 0.250. The molecule has 0 bridgehead atoms. The third kappa shape index (κ3) is 4.57. The molecule has 5 nitrogen and oxygen atoms in total. The summed E-state index contributed by atoms with van der Waals surface area (Å²) in [6.45, 7) is 2.27. The van der Waals surface area contributed by atoms with Gasteiger partial charge in [-0.15, -0.1) is 0 Å². The Balaban J connectivity index is 1.30. The molecule has 1 fully saturated rings. The van der Waals surface area contributed by atoms with E-state index in [-0.39, 0.29) is 11.8 Å². The fourth-order valence-corrected chi connectivity index (χ4v) is 3.62. The Labute approximate surface area is 170 Å². The number of carbonyl (C=O) groups is 2. The Kier molecular flexibility index (Phi) is 5.75. The zero-order valence-corrected chi connectivity index (χ0v) is 16.3. The molecule has 2 heterocycles. The van der Waals surface area contributed by atoms with Gasteiger partial charge in [-0.2, -0.15) is 0 Å². The van der Waals surface area contributed by atoms with Gasteiger partial charge in [0.05, 0.1) is 6.26 Å². The summed E-state index contributed by atoms with van der Waals surface area (Å²) in [5.74, 6) is 0.958. The molecule has 1 saturated heterocycles. The monoisotopic (exact) mass is 388 g/mol. The normalized spacial score (nSPS) is 14.1. The largest absolute Gasteiger partial charge is 0.469 e. The maximum Gasteiger partial charge on any atom is 0.253 e. The molecule has 3 aromatic rings. The summed E-state index contributed by atoms with van der Waals surface area (Å²) in [6, 6.07) is 21.5. The summed E-state index contributed by atoms with van der Waals surface area (Å²) in [4.78, 5) is 28.9. The molecule has 0 aliphatic carbocycles. The van der Waals surface area contributed by atoms with E-state index >= 15 is 0 Å². The van der Waals surface area contributed by atoms with Gasteiger partial charge in [0.2, 0.25) is 5.91 Å². The van der Waals surface area contributed by atoms with Gasteiger partial charge in [-0.3, -0.25) is 9.59 Å². The molecule has 0 spiro atoms. The highest BCUT2D eigenvalue weighted by Gasteiger charge is 2.24. The fourth-order valence-electron chi connectivity index (χ4n) is 3.62. The van der Waals surface area contributed by atoms with Crippen molar-refractivity contribution < 1.29 is 14.0 Å². The Bertz CT molecular complexity index is 942. The molecule has 0 radical (unpaired) electrons. The average Bonchev–Trinajstić information content (AvgIpc) is 3.31. The summed E-state index contributed by atoms with van der Waals surface area (Å²) >= 11 is 0. The summed E-state index contributed by atoms with van der Waals surface area (Å²) in [5, 5.41) is 0. The van der Waals surface area contributed by atoms with Gasteiger partial charge in [-0.25, -0.2) is 0 Å². The molecule has 0 N–H and O–H groups in total. The van der Waals surface area contributed by atoms with Crippen molar-refractivity contribution in [1.82, 2.24) is 9.80 Å². The van der Waals surface area contributed by atoms with Gasteiger partial charge < -0.3 is 14.2 Å². The van der Waals surface area contributed by atoms with Crippen molar-refractivity contribution in [3.8, 4) is 11.1 Å². The van der Waals surface area contributed by atoms with Gasteiger partial charge in [0, 0.05) is 44.6 Å². The first-order valence-corrected chi connectivity index (χ1v) is 9.95. The van der Waals surface area contributed by atoms with Crippen LogP contribution in [0.4, 0.5) is 0 Å². The van der Waals surface area contributed by atoms with E-state index in [1.807, 2.05) is 64.4 Å². The van der Waals surface area contributed by atoms with Crippen LogP contribution in [-0.2, 0) is 11.2 Å². The summed E-state index contributed by atoms with van der Waals surface area (Å²) < 4.78 is 5.28. The van der Waals surface area contributed by atoms with E-state index in [4.69, 9.17) is 4.42 Å². The lowest BCUT2D eigenvalue weighted by Crippen LogP contribution is -2.50. The Morgan fingerprint density at radius 1 is 0.759 bits per heavy atom. The lowest BCUT2D eigenvalue weighted by atomic mass is 10.0. The van der Waals surface area contributed by atoms with Crippen molar-refractivity contribution in [3.63, 3.8) is 0 Å². The second-order valence-electron chi connectivity index (χ2n) is 7.20. The molecule has 5 heteroatoms.